The Morgan fingerprint density at radius 1 is 1.11 bits per heavy atom. The second-order valence-corrected chi connectivity index (χ2v) is 7.34. The average molecular weight is 378 g/mol. The largest absolute Gasteiger partial charge is 0.467 e. The normalized spacial score (nSPS) is 28.6. The van der Waals surface area contributed by atoms with Crippen molar-refractivity contribution in [2.75, 3.05) is 13.7 Å². The maximum absolute atomic E-state index is 12.3. The van der Waals surface area contributed by atoms with Gasteiger partial charge in [-0.1, -0.05) is 30.3 Å². The van der Waals surface area contributed by atoms with Crippen LogP contribution >= 0.6 is 0 Å². The van der Waals surface area contributed by atoms with E-state index in [-0.39, 0.29) is 49.8 Å². The second-order valence-electron chi connectivity index (χ2n) is 7.34. The number of benzene rings is 1. The third-order valence-electron chi connectivity index (χ3n) is 4.84. The van der Waals surface area contributed by atoms with E-state index >= 15 is 0 Å². The highest BCUT2D eigenvalue weighted by Crippen LogP contribution is 2.44. The Kier molecular flexibility index (Phi) is 6.14. The van der Waals surface area contributed by atoms with Crippen LogP contribution in [0.2, 0.25) is 0 Å². The second kappa shape index (κ2) is 8.37. The number of carbonyl (C=O) groups is 2. The molecule has 0 aromatic heterocycles. The van der Waals surface area contributed by atoms with E-state index in [4.69, 9.17) is 18.9 Å². The lowest BCUT2D eigenvalue weighted by atomic mass is 10.0. The number of carbonyl (C=O) groups excluding carboxylic acids is 2. The number of rotatable bonds is 7. The summed E-state index contributed by atoms with van der Waals surface area (Å²) in [5.74, 6) is -1.59. The van der Waals surface area contributed by atoms with E-state index in [1.165, 1.54) is 7.11 Å². The summed E-state index contributed by atoms with van der Waals surface area (Å²) in [6.45, 7) is 3.74. The van der Waals surface area contributed by atoms with Crippen molar-refractivity contribution in [2.24, 2.45) is 5.92 Å². The van der Waals surface area contributed by atoms with Crippen LogP contribution in [0.3, 0.4) is 0 Å². The molecule has 7 nitrogen and oxygen atoms in total. The van der Waals surface area contributed by atoms with Crippen LogP contribution in [-0.2, 0) is 39.9 Å². The summed E-state index contributed by atoms with van der Waals surface area (Å²) in [4.78, 5) is 23.7. The quantitative estimate of drug-likeness (QED) is 0.673. The molecular weight excluding hydrogens is 352 g/mol. The molecular formula is C20H26O7. The van der Waals surface area contributed by atoms with Gasteiger partial charge in [-0.3, -0.25) is 4.79 Å². The molecule has 27 heavy (non-hydrogen) atoms. The van der Waals surface area contributed by atoms with Gasteiger partial charge in [0.1, 0.15) is 19.3 Å². The molecule has 1 aromatic carbocycles. The zero-order chi connectivity index (χ0) is 19.4. The highest BCUT2D eigenvalue weighted by molar-refractivity contribution is 5.70. The lowest BCUT2D eigenvalue weighted by molar-refractivity contribution is -0.176. The van der Waals surface area contributed by atoms with Crippen LogP contribution in [0, 0.1) is 5.92 Å². The van der Waals surface area contributed by atoms with Gasteiger partial charge >= 0.3 is 11.9 Å². The minimum absolute atomic E-state index is 0.0947. The summed E-state index contributed by atoms with van der Waals surface area (Å²) in [5, 5.41) is 0. The van der Waals surface area contributed by atoms with Crippen molar-refractivity contribution in [1.82, 2.24) is 0 Å². The number of hydrogen-bond acceptors (Lipinski definition) is 7. The van der Waals surface area contributed by atoms with Crippen LogP contribution in [0.25, 0.3) is 0 Å². The number of methoxy groups -OCH3 is 1. The van der Waals surface area contributed by atoms with Crippen molar-refractivity contribution in [1.29, 1.82) is 0 Å². The molecule has 148 valence electrons. The monoisotopic (exact) mass is 378 g/mol. The van der Waals surface area contributed by atoms with E-state index in [1.807, 2.05) is 44.2 Å². The van der Waals surface area contributed by atoms with E-state index in [9.17, 15) is 9.59 Å². The van der Waals surface area contributed by atoms with Crippen LogP contribution < -0.4 is 0 Å². The lowest BCUT2D eigenvalue weighted by Crippen LogP contribution is -2.32. The van der Waals surface area contributed by atoms with Gasteiger partial charge in [0, 0.05) is 5.92 Å². The predicted molar refractivity (Wildman–Crippen MR) is 94.5 cm³/mol. The van der Waals surface area contributed by atoms with E-state index in [1.54, 1.807) is 0 Å². The van der Waals surface area contributed by atoms with Gasteiger partial charge in [-0.2, -0.15) is 0 Å². The summed E-state index contributed by atoms with van der Waals surface area (Å²) in [7, 11) is 1.31. The van der Waals surface area contributed by atoms with Gasteiger partial charge in [0.05, 0.1) is 25.7 Å². The Hall–Kier alpha value is -1.96. The van der Waals surface area contributed by atoms with E-state index < -0.39 is 11.8 Å². The molecule has 0 spiro atoms. The summed E-state index contributed by atoms with van der Waals surface area (Å²) < 4.78 is 27.6. The summed E-state index contributed by atoms with van der Waals surface area (Å²) in [5.41, 5.74) is 0.941. The van der Waals surface area contributed by atoms with Crippen molar-refractivity contribution in [3.8, 4) is 0 Å². The van der Waals surface area contributed by atoms with Crippen LogP contribution in [-0.4, -0.2) is 49.8 Å². The molecule has 0 bridgehead atoms. The van der Waals surface area contributed by atoms with Crippen LogP contribution in [0.15, 0.2) is 30.3 Å². The zero-order valence-corrected chi connectivity index (χ0v) is 15.9. The van der Waals surface area contributed by atoms with Gasteiger partial charge in [0.15, 0.2) is 5.79 Å². The van der Waals surface area contributed by atoms with Gasteiger partial charge in [-0.15, -0.1) is 0 Å². The van der Waals surface area contributed by atoms with Gasteiger partial charge in [0.2, 0.25) is 0 Å². The van der Waals surface area contributed by atoms with Gasteiger partial charge in [-0.25, -0.2) is 4.79 Å². The maximum atomic E-state index is 12.3. The molecule has 1 saturated heterocycles. The predicted octanol–water partition coefficient (Wildman–Crippen LogP) is 2.22. The fourth-order valence-electron chi connectivity index (χ4n) is 3.64. The molecule has 1 heterocycles. The molecule has 0 amide bonds. The molecule has 0 radical (unpaired) electrons. The van der Waals surface area contributed by atoms with Crippen molar-refractivity contribution in [3.05, 3.63) is 35.9 Å². The SMILES string of the molecule is COC(=O)CO[C@H]1C[C@@H](CC(=O)OCc2ccccc2)C2OC(C)(C)OC21. The first kappa shape index (κ1) is 19.8. The topological polar surface area (TPSA) is 80.3 Å². The van der Waals surface area contributed by atoms with Gasteiger partial charge < -0.3 is 23.7 Å². The molecule has 0 N–H and O–H groups in total. The molecule has 1 aliphatic heterocycles. The average Bonchev–Trinajstić information content (AvgIpc) is 3.12. The Balaban J connectivity index is 1.57. The number of esters is 2. The maximum Gasteiger partial charge on any atom is 0.331 e. The van der Waals surface area contributed by atoms with Crippen molar-refractivity contribution < 1.29 is 33.3 Å². The van der Waals surface area contributed by atoms with E-state index in [0.717, 1.165) is 5.56 Å². The smallest absolute Gasteiger partial charge is 0.331 e. The minimum Gasteiger partial charge on any atom is -0.467 e. The fourth-order valence-corrected chi connectivity index (χ4v) is 3.64. The highest BCUT2D eigenvalue weighted by atomic mass is 16.8. The standard InChI is InChI=1S/C20H26O7/c1-20(2)26-18-14(9-15(19(18)27-20)24-12-17(22)23-3)10-16(21)25-11-13-7-5-4-6-8-13/h4-8,14-15,18-19H,9-12H2,1-3H3/t14-,15-,18?,19?/m0/s1. The summed E-state index contributed by atoms with van der Waals surface area (Å²) in [6, 6.07) is 9.54. The van der Waals surface area contributed by atoms with E-state index in [0.29, 0.717) is 6.42 Å². The fraction of sp³-hybridized carbons (Fsp3) is 0.600. The molecule has 1 aliphatic carbocycles. The van der Waals surface area contributed by atoms with Gasteiger partial charge in [0.25, 0.3) is 0 Å². The number of hydrogen-bond donors (Lipinski definition) is 0. The number of fused-ring (bicyclic) bond motifs is 1. The molecule has 2 unspecified atom stereocenters. The Bertz CT molecular complexity index is 658. The lowest BCUT2D eigenvalue weighted by Gasteiger charge is -2.23. The van der Waals surface area contributed by atoms with Gasteiger partial charge in [-0.05, 0) is 25.8 Å². The highest BCUT2D eigenvalue weighted by Gasteiger charge is 2.55. The molecule has 3 rings (SSSR count). The molecule has 2 aliphatic rings. The Morgan fingerprint density at radius 2 is 1.81 bits per heavy atom. The number of ether oxygens (including phenoxy) is 5. The first-order valence-corrected chi connectivity index (χ1v) is 9.11. The van der Waals surface area contributed by atoms with Crippen molar-refractivity contribution >= 4 is 11.9 Å². The summed E-state index contributed by atoms with van der Waals surface area (Å²) in [6.07, 6.45) is -0.153. The van der Waals surface area contributed by atoms with Crippen LogP contribution in [0.5, 0.6) is 0 Å². The van der Waals surface area contributed by atoms with Crippen LogP contribution in [0.4, 0.5) is 0 Å². The Labute approximate surface area is 158 Å². The minimum atomic E-state index is -0.755. The van der Waals surface area contributed by atoms with Crippen molar-refractivity contribution in [3.63, 3.8) is 0 Å². The van der Waals surface area contributed by atoms with E-state index in [2.05, 4.69) is 4.74 Å². The molecule has 4 atom stereocenters. The zero-order valence-electron chi connectivity index (χ0n) is 15.9. The third-order valence-corrected chi connectivity index (χ3v) is 4.84. The molecule has 1 aromatic rings. The van der Waals surface area contributed by atoms with Crippen molar-refractivity contribution in [2.45, 2.75) is 57.4 Å². The summed E-state index contributed by atoms with van der Waals surface area (Å²) >= 11 is 0. The van der Waals surface area contributed by atoms with Crippen LogP contribution in [0.1, 0.15) is 32.3 Å². The molecule has 2 fully saturated rings. The first-order valence-electron chi connectivity index (χ1n) is 9.11. The molecule has 7 heteroatoms. The third kappa shape index (κ3) is 5.06. The molecule has 1 saturated carbocycles. The first-order chi connectivity index (χ1) is 12.9. The Morgan fingerprint density at radius 3 is 2.52 bits per heavy atom.